The Morgan fingerprint density at radius 1 is 1.29 bits per heavy atom. The average Bonchev–Trinajstić information content (AvgIpc) is 3.20. The number of anilines is 1. The van der Waals surface area contributed by atoms with Crippen LogP contribution in [0.3, 0.4) is 0 Å². The van der Waals surface area contributed by atoms with Gasteiger partial charge < -0.3 is 15.0 Å². The third kappa shape index (κ3) is 4.12. The molecule has 1 amide bonds. The normalized spacial score (nSPS) is 20.9. The number of hydrogen-bond donors (Lipinski definition) is 2. The molecule has 2 aliphatic rings. The summed E-state index contributed by atoms with van der Waals surface area (Å²) in [6.45, 7) is 6.91. The Balaban J connectivity index is 1.73. The van der Waals surface area contributed by atoms with E-state index in [1.54, 1.807) is 0 Å². The summed E-state index contributed by atoms with van der Waals surface area (Å²) in [6.07, 6.45) is 4.73. The third-order valence-electron chi connectivity index (χ3n) is 5.46. The minimum atomic E-state index is -0.530. The molecule has 2 saturated heterocycles. The summed E-state index contributed by atoms with van der Waals surface area (Å²) in [5.74, 6) is 0.744. The predicted octanol–water partition coefficient (Wildman–Crippen LogP) is 4.56. The summed E-state index contributed by atoms with van der Waals surface area (Å²) in [4.78, 5) is 27.5. The van der Waals surface area contributed by atoms with Crippen LogP contribution in [0.1, 0.15) is 44.1 Å². The average molecular weight is 481 g/mol. The standard InChI is InChI=1S/C20H25ClN6O2S2/c1-20(2,3)29-19(28)27-10-5-6-11(27)9-26(8-10)16-13-12(7-22)14(15(21)23)31-17(13)25-18(24-16)30-4/h7,10-11,22-23H,5-6,8-9H2,1-4H3. The zero-order valence-corrected chi connectivity index (χ0v) is 20.2. The van der Waals surface area contributed by atoms with Crippen LogP contribution in [0.25, 0.3) is 10.2 Å². The molecule has 0 saturated carbocycles. The van der Waals surface area contributed by atoms with Crippen molar-refractivity contribution in [3.8, 4) is 0 Å². The van der Waals surface area contributed by atoms with Crippen LogP contribution in [0.2, 0.25) is 0 Å². The summed E-state index contributed by atoms with van der Waals surface area (Å²) in [7, 11) is 0. The fourth-order valence-electron chi connectivity index (χ4n) is 4.29. The minimum absolute atomic E-state index is 0.0456. The molecule has 11 heteroatoms. The van der Waals surface area contributed by atoms with E-state index in [2.05, 4.69) is 9.88 Å². The molecule has 8 nitrogen and oxygen atoms in total. The number of fused-ring (bicyclic) bond motifs is 3. The highest BCUT2D eigenvalue weighted by Crippen LogP contribution is 2.40. The van der Waals surface area contributed by atoms with E-state index in [1.165, 1.54) is 29.3 Å². The number of carbonyl (C=O) groups excluding carboxylic acids is 1. The van der Waals surface area contributed by atoms with Crippen molar-refractivity contribution in [1.29, 1.82) is 10.8 Å². The van der Waals surface area contributed by atoms with E-state index in [-0.39, 0.29) is 23.3 Å². The molecule has 0 aromatic carbocycles. The highest BCUT2D eigenvalue weighted by molar-refractivity contribution is 7.98. The number of aromatic nitrogens is 2. The van der Waals surface area contributed by atoms with Crippen molar-refractivity contribution in [1.82, 2.24) is 14.9 Å². The quantitative estimate of drug-likeness (QED) is 0.377. The number of amides is 1. The molecule has 0 aliphatic carbocycles. The summed E-state index contributed by atoms with van der Waals surface area (Å²) in [5.41, 5.74) is 0.0436. The lowest BCUT2D eigenvalue weighted by Crippen LogP contribution is -2.57. The van der Waals surface area contributed by atoms with Crippen molar-refractivity contribution in [2.45, 2.75) is 56.5 Å². The maximum atomic E-state index is 12.8. The van der Waals surface area contributed by atoms with Crippen molar-refractivity contribution in [3.63, 3.8) is 0 Å². The van der Waals surface area contributed by atoms with Gasteiger partial charge in [-0.25, -0.2) is 14.8 Å². The number of rotatable bonds is 4. The number of hydrogen-bond acceptors (Lipinski definition) is 9. The van der Waals surface area contributed by atoms with E-state index in [9.17, 15) is 4.79 Å². The number of nitrogens with zero attached hydrogens (tertiary/aromatic N) is 4. The van der Waals surface area contributed by atoms with E-state index >= 15 is 0 Å². The zero-order valence-electron chi connectivity index (χ0n) is 17.9. The molecular formula is C20H25ClN6O2S2. The van der Waals surface area contributed by atoms with E-state index in [4.69, 9.17) is 32.1 Å². The van der Waals surface area contributed by atoms with E-state index in [0.29, 0.717) is 28.7 Å². The molecule has 0 spiro atoms. The molecule has 2 N–H and O–H groups in total. The first-order valence-electron chi connectivity index (χ1n) is 10.0. The van der Waals surface area contributed by atoms with Crippen LogP contribution in [0.5, 0.6) is 0 Å². The van der Waals surface area contributed by atoms with Crippen LogP contribution in [-0.2, 0) is 4.74 Å². The molecule has 2 unspecified atom stereocenters. The molecule has 4 heterocycles. The monoisotopic (exact) mass is 480 g/mol. The van der Waals surface area contributed by atoms with Gasteiger partial charge in [0.25, 0.3) is 0 Å². The van der Waals surface area contributed by atoms with Gasteiger partial charge in [-0.2, -0.15) is 0 Å². The Morgan fingerprint density at radius 2 is 1.94 bits per heavy atom. The fraction of sp³-hybridized carbons (Fsp3) is 0.550. The van der Waals surface area contributed by atoms with Crippen LogP contribution in [-0.4, -0.2) is 69.4 Å². The number of halogens is 1. The highest BCUT2D eigenvalue weighted by atomic mass is 35.5. The topological polar surface area (TPSA) is 106 Å². The number of nitrogens with one attached hydrogen (secondary N) is 2. The number of thiophene rings is 1. The van der Waals surface area contributed by atoms with Gasteiger partial charge in [0, 0.05) is 24.9 Å². The predicted molar refractivity (Wildman–Crippen MR) is 127 cm³/mol. The van der Waals surface area contributed by atoms with Crippen LogP contribution < -0.4 is 4.90 Å². The van der Waals surface area contributed by atoms with Crippen molar-refractivity contribution < 1.29 is 9.53 Å². The van der Waals surface area contributed by atoms with E-state index in [1.807, 2.05) is 31.9 Å². The molecule has 166 valence electrons. The van der Waals surface area contributed by atoms with Crippen LogP contribution in [0.4, 0.5) is 10.6 Å². The first-order valence-corrected chi connectivity index (χ1v) is 12.4. The zero-order chi connectivity index (χ0) is 22.5. The molecule has 4 rings (SSSR count). The largest absolute Gasteiger partial charge is 0.444 e. The SMILES string of the molecule is CSc1nc(N2CC3CCC(C2)N3C(=O)OC(C)(C)C)c2c(C=N)c(C(=N)Cl)sc2n1. The van der Waals surface area contributed by atoms with Crippen molar-refractivity contribution in [3.05, 3.63) is 10.4 Å². The summed E-state index contributed by atoms with van der Waals surface area (Å²) in [6, 6.07) is 0.0911. The van der Waals surface area contributed by atoms with Crippen molar-refractivity contribution in [2.75, 3.05) is 24.2 Å². The fourth-order valence-corrected chi connectivity index (χ4v) is 5.92. The molecule has 2 bridgehead atoms. The van der Waals surface area contributed by atoms with Gasteiger partial charge in [-0.3, -0.25) is 10.3 Å². The van der Waals surface area contributed by atoms with Gasteiger partial charge in [0.05, 0.1) is 22.3 Å². The lowest BCUT2D eigenvalue weighted by atomic mass is 10.1. The molecule has 2 atom stereocenters. The van der Waals surface area contributed by atoms with Crippen molar-refractivity contribution in [2.24, 2.45) is 0 Å². The first-order chi connectivity index (χ1) is 14.6. The molecule has 2 fully saturated rings. The molecule has 2 aromatic rings. The third-order valence-corrected chi connectivity index (χ3v) is 7.43. The van der Waals surface area contributed by atoms with Gasteiger partial charge in [0.1, 0.15) is 21.4 Å². The Hall–Kier alpha value is -1.91. The van der Waals surface area contributed by atoms with E-state index in [0.717, 1.165) is 28.9 Å². The second-order valence-electron chi connectivity index (χ2n) is 8.69. The van der Waals surface area contributed by atoms with Gasteiger partial charge in [-0.05, 0) is 39.9 Å². The second kappa shape index (κ2) is 8.22. The minimum Gasteiger partial charge on any atom is -0.444 e. The smallest absolute Gasteiger partial charge is 0.410 e. The number of carbonyl (C=O) groups is 1. The molecule has 31 heavy (non-hydrogen) atoms. The Labute approximate surface area is 194 Å². The second-order valence-corrected chi connectivity index (χ2v) is 10.8. The molecule has 0 radical (unpaired) electrons. The Kier molecular flexibility index (Phi) is 5.91. The summed E-state index contributed by atoms with van der Waals surface area (Å²) >= 11 is 8.76. The maximum Gasteiger partial charge on any atom is 0.410 e. The highest BCUT2D eigenvalue weighted by Gasteiger charge is 2.45. The lowest BCUT2D eigenvalue weighted by molar-refractivity contribution is 0.0123. The number of thioether (sulfide) groups is 1. The molecule has 2 aliphatic heterocycles. The number of piperazine rings is 1. The van der Waals surface area contributed by atoms with Crippen LogP contribution in [0.15, 0.2) is 5.16 Å². The van der Waals surface area contributed by atoms with Gasteiger partial charge in [0.15, 0.2) is 5.16 Å². The Morgan fingerprint density at radius 3 is 2.45 bits per heavy atom. The van der Waals surface area contributed by atoms with E-state index < -0.39 is 5.60 Å². The first kappa shape index (κ1) is 22.3. The molecular weight excluding hydrogens is 456 g/mol. The van der Waals surface area contributed by atoms with Gasteiger partial charge in [-0.15, -0.1) is 11.3 Å². The maximum absolute atomic E-state index is 12.8. The van der Waals surface area contributed by atoms with Gasteiger partial charge in [0.2, 0.25) is 0 Å². The van der Waals surface area contributed by atoms with Crippen LogP contribution >= 0.6 is 34.7 Å². The molecule has 2 aromatic heterocycles. The van der Waals surface area contributed by atoms with Crippen molar-refractivity contribution >= 4 is 68.2 Å². The Bertz CT molecular complexity index is 1050. The van der Waals surface area contributed by atoms with Gasteiger partial charge in [-0.1, -0.05) is 23.4 Å². The summed E-state index contributed by atoms with van der Waals surface area (Å²) < 4.78 is 5.65. The summed E-state index contributed by atoms with van der Waals surface area (Å²) in [5, 5.41) is 17.1. The lowest BCUT2D eigenvalue weighted by Gasteiger charge is -2.42. The van der Waals surface area contributed by atoms with Gasteiger partial charge >= 0.3 is 6.09 Å². The van der Waals surface area contributed by atoms with Crippen LogP contribution in [0, 0.1) is 10.8 Å². The number of ether oxygens (including phenoxy) is 1.